The topological polar surface area (TPSA) is 92.9 Å². The molecule has 2 N–H and O–H groups in total. The zero-order valence-electron chi connectivity index (χ0n) is 14.0. The predicted molar refractivity (Wildman–Crippen MR) is 91.5 cm³/mol. The van der Waals surface area contributed by atoms with Crippen molar-refractivity contribution in [1.82, 2.24) is 10.6 Å². The Bertz CT molecular complexity index is 555. The fourth-order valence-electron chi connectivity index (χ4n) is 1.86. The van der Waals surface area contributed by atoms with E-state index >= 15 is 0 Å². The Morgan fingerprint density at radius 2 is 2.26 bits per heavy atom. The van der Waals surface area contributed by atoms with Crippen molar-refractivity contribution in [3.05, 3.63) is 24.2 Å². The Morgan fingerprint density at radius 3 is 2.87 bits per heavy atom. The number of nitrogens with one attached hydrogen (secondary N) is 2. The Kier molecular flexibility index (Phi) is 8.71. The second-order valence-corrected chi connectivity index (χ2v) is 7.70. The molecule has 0 aromatic carbocycles. The van der Waals surface area contributed by atoms with Gasteiger partial charge >= 0.3 is 0 Å². The van der Waals surface area contributed by atoms with Gasteiger partial charge in [0.2, 0.25) is 0 Å². The van der Waals surface area contributed by atoms with E-state index in [1.165, 1.54) is 6.26 Å². The molecule has 0 aliphatic carbocycles. The highest BCUT2D eigenvalue weighted by Crippen LogP contribution is 2.00. The molecule has 0 aliphatic heterocycles. The summed E-state index contributed by atoms with van der Waals surface area (Å²) in [6, 6.07) is 3.78. The van der Waals surface area contributed by atoms with E-state index in [0.29, 0.717) is 32.1 Å². The number of methoxy groups -OCH3 is 1. The van der Waals surface area contributed by atoms with E-state index in [4.69, 9.17) is 9.15 Å². The lowest BCUT2D eigenvalue weighted by atomic mass is 10.2. The molecule has 0 saturated carbocycles. The molecule has 0 saturated heterocycles. The number of aliphatic imine (C=N–C) groups is 1. The van der Waals surface area contributed by atoms with Crippen LogP contribution in [-0.2, 0) is 21.0 Å². The largest absolute Gasteiger partial charge is 0.469 e. The molecule has 1 heterocycles. The van der Waals surface area contributed by atoms with Crippen LogP contribution in [0.2, 0.25) is 0 Å². The van der Waals surface area contributed by atoms with Crippen molar-refractivity contribution < 1.29 is 17.6 Å². The van der Waals surface area contributed by atoms with Crippen LogP contribution in [0.4, 0.5) is 0 Å². The third kappa shape index (κ3) is 9.96. The fourth-order valence-corrected chi connectivity index (χ4v) is 2.64. The number of ether oxygens (including phenoxy) is 1. The Hall–Kier alpha value is -1.54. The van der Waals surface area contributed by atoms with Crippen molar-refractivity contribution in [3.63, 3.8) is 0 Å². The van der Waals surface area contributed by atoms with Gasteiger partial charge in [-0.2, -0.15) is 0 Å². The molecule has 1 aromatic rings. The van der Waals surface area contributed by atoms with Gasteiger partial charge in [-0.25, -0.2) is 8.42 Å². The van der Waals surface area contributed by atoms with Gasteiger partial charge in [-0.3, -0.25) is 4.99 Å². The van der Waals surface area contributed by atoms with Crippen LogP contribution >= 0.6 is 0 Å². The summed E-state index contributed by atoms with van der Waals surface area (Å²) in [5.74, 6) is 1.70. The van der Waals surface area contributed by atoms with E-state index < -0.39 is 9.84 Å². The number of hydrogen-bond donors (Lipinski definition) is 2. The predicted octanol–water partition coefficient (Wildman–Crippen LogP) is 0.827. The summed E-state index contributed by atoms with van der Waals surface area (Å²) in [7, 11) is -1.33. The average molecular weight is 345 g/mol. The lowest BCUT2D eigenvalue weighted by Gasteiger charge is -2.18. The van der Waals surface area contributed by atoms with Gasteiger partial charge in [0.15, 0.2) is 5.96 Å². The first-order valence-electron chi connectivity index (χ1n) is 7.64. The van der Waals surface area contributed by atoms with Crippen molar-refractivity contribution in [1.29, 1.82) is 0 Å². The standard InChI is InChI=1S/C15H27N3O4S/c1-13(7-12-23(3,19)20)18-15(17-9-11-21-2)16-8-6-14-5-4-10-22-14/h4-5,10,13H,6-9,11-12H2,1-3H3,(H2,16,17,18). The first kappa shape index (κ1) is 19.5. The summed E-state index contributed by atoms with van der Waals surface area (Å²) < 4.78 is 32.8. The summed E-state index contributed by atoms with van der Waals surface area (Å²) in [6.45, 7) is 3.67. The highest BCUT2D eigenvalue weighted by molar-refractivity contribution is 7.90. The van der Waals surface area contributed by atoms with Gasteiger partial charge in [-0.1, -0.05) is 0 Å². The molecule has 0 amide bonds. The molecular weight excluding hydrogens is 318 g/mol. The molecule has 132 valence electrons. The summed E-state index contributed by atoms with van der Waals surface area (Å²) >= 11 is 0. The van der Waals surface area contributed by atoms with Gasteiger partial charge in [0.05, 0.1) is 25.2 Å². The molecule has 0 radical (unpaired) electrons. The van der Waals surface area contributed by atoms with Crippen molar-refractivity contribution >= 4 is 15.8 Å². The summed E-state index contributed by atoms with van der Waals surface area (Å²) in [5.41, 5.74) is 0. The second kappa shape index (κ2) is 10.3. The quantitative estimate of drug-likeness (QED) is 0.371. The number of sulfone groups is 1. The van der Waals surface area contributed by atoms with Gasteiger partial charge in [-0.05, 0) is 25.5 Å². The van der Waals surface area contributed by atoms with E-state index in [1.807, 2.05) is 19.1 Å². The van der Waals surface area contributed by atoms with Crippen LogP contribution in [0.15, 0.2) is 27.8 Å². The minimum Gasteiger partial charge on any atom is -0.469 e. The zero-order valence-corrected chi connectivity index (χ0v) is 14.9. The maximum Gasteiger partial charge on any atom is 0.191 e. The van der Waals surface area contributed by atoms with Crippen LogP contribution in [0.3, 0.4) is 0 Å². The number of rotatable bonds is 10. The van der Waals surface area contributed by atoms with Crippen molar-refractivity contribution in [2.45, 2.75) is 25.8 Å². The first-order valence-corrected chi connectivity index (χ1v) is 9.70. The molecule has 1 aromatic heterocycles. The van der Waals surface area contributed by atoms with Crippen molar-refractivity contribution in [2.24, 2.45) is 4.99 Å². The van der Waals surface area contributed by atoms with Gasteiger partial charge in [0.1, 0.15) is 15.6 Å². The molecule has 1 atom stereocenters. The van der Waals surface area contributed by atoms with Gasteiger partial charge in [-0.15, -0.1) is 0 Å². The smallest absolute Gasteiger partial charge is 0.191 e. The molecule has 8 heteroatoms. The maximum absolute atomic E-state index is 11.2. The molecule has 0 fully saturated rings. The molecule has 0 spiro atoms. The number of guanidine groups is 1. The van der Waals surface area contributed by atoms with E-state index in [9.17, 15) is 8.42 Å². The van der Waals surface area contributed by atoms with Crippen LogP contribution in [0.1, 0.15) is 19.1 Å². The Morgan fingerprint density at radius 1 is 1.48 bits per heavy atom. The van der Waals surface area contributed by atoms with Crippen LogP contribution in [0, 0.1) is 0 Å². The average Bonchev–Trinajstić information content (AvgIpc) is 2.98. The third-order valence-corrected chi connectivity index (χ3v) is 4.09. The van der Waals surface area contributed by atoms with Gasteiger partial charge in [0.25, 0.3) is 0 Å². The number of furan rings is 1. The monoisotopic (exact) mass is 345 g/mol. The minimum atomic E-state index is -2.96. The molecule has 1 rings (SSSR count). The van der Waals surface area contributed by atoms with E-state index in [0.717, 1.165) is 12.2 Å². The number of hydrogen-bond acceptors (Lipinski definition) is 5. The number of nitrogens with zero attached hydrogens (tertiary/aromatic N) is 1. The summed E-state index contributed by atoms with van der Waals surface area (Å²) in [6.07, 6.45) is 4.17. The van der Waals surface area contributed by atoms with Crippen molar-refractivity contribution in [3.8, 4) is 0 Å². The molecule has 0 bridgehead atoms. The lowest BCUT2D eigenvalue weighted by molar-refractivity contribution is 0.208. The summed E-state index contributed by atoms with van der Waals surface area (Å²) in [5, 5.41) is 6.44. The Balaban J connectivity index is 2.45. The van der Waals surface area contributed by atoms with Crippen molar-refractivity contribution in [2.75, 3.05) is 38.8 Å². The van der Waals surface area contributed by atoms with Gasteiger partial charge in [0, 0.05) is 32.4 Å². The van der Waals surface area contributed by atoms with Crippen LogP contribution in [-0.4, -0.2) is 59.2 Å². The second-order valence-electron chi connectivity index (χ2n) is 5.44. The molecule has 1 unspecified atom stereocenters. The molecule has 0 aliphatic rings. The summed E-state index contributed by atoms with van der Waals surface area (Å²) in [4.78, 5) is 4.41. The molecule has 23 heavy (non-hydrogen) atoms. The zero-order chi connectivity index (χ0) is 17.1. The first-order chi connectivity index (χ1) is 10.9. The van der Waals surface area contributed by atoms with Crippen LogP contribution in [0.25, 0.3) is 0 Å². The SMILES string of the molecule is COCCN=C(NCCc1ccco1)NC(C)CCS(C)(=O)=O. The van der Waals surface area contributed by atoms with E-state index in [1.54, 1.807) is 13.4 Å². The molecule has 7 nitrogen and oxygen atoms in total. The van der Waals surface area contributed by atoms with Crippen LogP contribution < -0.4 is 10.6 Å². The highest BCUT2D eigenvalue weighted by Gasteiger charge is 2.09. The normalized spacial score (nSPS) is 13.8. The minimum absolute atomic E-state index is 0.00197. The van der Waals surface area contributed by atoms with Gasteiger partial charge < -0.3 is 19.8 Å². The molecular formula is C15H27N3O4S. The fraction of sp³-hybridized carbons (Fsp3) is 0.667. The van der Waals surface area contributed by atoms with E-state index in [2.05, 4.69) is 15.6 Å². The van der Waals surface area contributed by atoms with Crippen LogP contribution in [0.5, 0.6) is 0 Å². The highest BCUT2D eigenvalue weighted by atomic mass is 32.2. The lowest BCUT2D eigenvalue weighted by Crippen LogP contribution is -2.43. The Labute approximate surface area is 138 Å². The van der Waals surface area contributed by atoms with E-state index in [-0.39, 0.29) is 11.8 Å². The third-order valence-electron chi connectivity index (χ3n) is 3.11. The maximum atomic E-state index is 11.2.